The number of para-hydroxylation sites is 4. The molecule has 4 aliphatic heterocycles. The molecule has 0 atom stereocenters. The fourth-order valence-electron chi connectivity index (χ4n) is 16.1. The van der Waals surface area contributed by atoms with E-state index in [1.165, 1.54) is 177 Å². The van der Waals surface area contributed by atoms with Crippen molar-refractivity contribution in [3.8, 4) is 66.8 Å². The lowest BCUT2D eigenvalue weighted by atomic mass is 9.31. The van der Waals surface area contributed by atoms with Crippen LogP contribution in [0.5, 0.6) is 0 Å². The smallest absolute Gasteiger partial charge is 0.248 e. The zero-order chi connectivity index (χ0) is 55.6. The summed E-state index contributed by atoms with van der Waals surface area (Å²) < 4.78 is 0. The number of benzene rings is 14. The lowest BCUT2D eigenvalue weighted by molar-refractivity contribution is 1.29. The van der Waals surface area contributed by atoms with Crippen molar-refractivity contribution in [3.05, 3.63) is 277 Å². The van der Waals surface area contributed by atoms with Crippen LogP contribution in [0.1, 0.15) is 22.3 Å². The lowest BCUT2D eigenvalue weighted by Gasteiger charge is -2.42. The van der Waals surface area contributed by atoms with Gasteiger partial charge < -0.3 is 9.80 Å². The molecule has 14 aromatic carbocycles. The first-order valence-electron chi connectivity index (χ1n) is 29.7. The third-order valence-electron chi connectivity index (χ3n) is 19.5. The van der Waals surface area contributed by atoms with Gasteiger partial charge in [-0.3, -0.25) is 0 Å². The molecule has 0 fully saturated rings. The normalized spacial score (nSPS) is 13.1. The summed E-state index contributed by atoms with van der Waals surface area (Å²) >= 11 is 0. The number of rotatable bonds is 6. The summed E-state index contributed by atoms with van der Waals surface area (Å²) in [5.41, 5.74) is 35.7. The Bertz CT molecular complexity index is 4760. The van der Waals surface area contributed by atoms with Crippen LogP contribution in [0.3, 0.4) is 0 Å². The van der Waals surface area contributed by atoms with Crippen molar-refractivity contribution < 1.29 is 0 Å². The van der Waals surface area contributed by atoms with E-state index in [0.29, 0.717) is 0 Å². The molecule has 0 spiro atoms. The van der Waals surface area contributed by atoms with E-state index in [9.17, 15) is 0 Å². The van der Waals surface area contributed by atoms with E-state index >= 15 is 0 Å². The summed E-state index contributed by atoms with van der Waals surface area (Å²) in [5, 5.41) is 8.09. The molecule has 0 aliphatic carbocycles. The molecule has 4 heterocycles. The average molecular weight is 1060 g/mol. The standard InChI is InChI=1S/C80H54B2N2/c1-47-23-21-24-48(2)73(47)57-43-59-63-39-53(51-27-9-5-10-28-51)41-71-79(63)82(66-36-18-20-38-70(66)83(71)55-31-13-7-14-32-55)68-46-62-58(74-49(3)25-22-26-50(74)4)44-60-64-40-54(52-29-11-6-12-30-52)42-72-80(64)81(67-45-61(57)77(75(59)68)78(62)76(60)67)65-35-17-19-37-69(65)84(72)56-33-15-8-16-34-56/h5-46H,1-4H3. The maximum Gasteiger partial charge on any atom is 0.248 e. The number of hydrogen-bond donors (Lipinski definition) is 0. The van der Waals surface area contributed by atoms with Crippen LogP contribution in [-0.4, -0.2) is 13.4 Å². The zero-order valence-corrected chi connectivity index (χ0v) is 47.3. The predicted molar refractivity (Wildman–Crippen MR) is 360 cm³/mol. The van der Waals surface area contributed by atoms with Crippen molar-refractivity contribution in [1.29, 1.82) is 0 Å². The van der Waals surface area contributed by atoms with Crippen molar-refractivity contribution in [1.82, 2.24) is 0 Å². The molecule has 4 aliphatic rings. The molecule has 84 heavy (non-hydrogen) atoms. The van der Waals surface area contributed by atoms with Crippen LogP contribution in [0.25, 0.3) is 99.1 Å². The molecule has 0 saturated heterocycles. The molecule has 2 nitrogen and oxygen atoms in total. The van der Waals surface area contributed by atoms with Crippen molar-refractivity contribution in [3.63, 3.8) is 0 Å². The highest BCUT2D eigenvalue weighted by molar-refractivity contribution is 7.02. The Kier molecular flexibility index (Phi) is 9.99. The summed E-state index contributed by atoms with van der Waals surface area (Å²) in [6, 6.07) is 97.2. The lowest BCUT2D eigenvalue weighted by Crippen LogP contribution is -2.60. The van der Waals surface area contributed by atoms with Gasteiger partial charge in [0.25, 0.3) is 0 Å². The molecule has 0 N–H and O–H groups in total. The van der Waals surface area contributed by atoms with Gasteiger partial charge in [-0.05, 0) is 244 Å². The largest absolute Gasteiger partial charge is 0.311 e. The van der Waals surface area contributed by atoms with E-state index < -0.39 is 0 Å². The molecule has 18 rings (SSSR count). The third kappa shape index (κ3) is 6.48. The summed E-state index contributed by atoms with van der Waals surface area (Å²) in [4.78, 5) is 5.10. The maximum absolute atomic E-state index is 2.69. The van der Waals surface area contributed by atoms with Gasteiger partial charge in [-0.15, -0.1) is 0 Å². The fourth-order valence-corrected chi connectivity index (χ4v) is 16.1. The number of nitrogens with zero attached hydrogens (tertiary/aromatic N) is 2. The van der Waals surface area contributed by atoms with Gasteiger partial charge in [0.05, 0.1) is 0 Å². The molecule has 0 unspecified atom stereocenters. The second-order valence-corrected chi connectivity index (χ2v) is 24.0. The topological polar surface area (TPSA) is 6.48 Å². The van der Waals surface area contributed by atoms with E-state index in [4.69, 9.17) is 0 Å². The first-order valence-corrected chi connectivity index (χ1v) is 29.7. The first kappa shape index (κ1) is 47.5. The van der Waals surface area contributed by atoms with E-state index in [-0.39, 0.29) is 13.4 Å². The summed E-state index contributed by atoms with van der Waals surface area (Å²) in [6.07, 6.45) is 0. The Labute approximate surface area is 491 Å². The van der Waals surface area contributed by atoms with Gasteiger partial charge in [0.15, 0.2) is 0 Å². The van der Waals surface area contributed by atoms with Gasteiger partial charge in [-0.1, -0.05) is 193 Å². The minimum atomic E-state index is -0.0510. The maximum atomic E-state index is 2.69. The Balaban J connectivity index is 1.08. The first-order chi connectivity index (χ1) is 41.4. The molecule has 0 radical (unpaired) electrons. The number of fused-ring (bicyclic) bond motifs is 8. The Morgan fingerprint density at radius 2 is 0.607 bits per heavy atom. The molecule has 0 saturated carbocycles. The van der Waals surface area contributed by atoms with Crippen LogP contribution in [-0.2, 0) is 0 Å². The SMILES string of the molecule is Cc1cccc(C)c1-c1cc2c3c(cc4c(-c5c(C)cccc5C)cc5c6c(cc1c3c46)B1c3ccccc3N(c3ccccc3)c3cc(-c4ccccc4)cc-5c31)B1c3ccccc3N(c3ccccc3)c3cc(-c4ccccc4)cc-2c31. The molecule has 0 amide bonds. The van der Waals surface area contributed by atoms with E-state index in [1.54, 1.807) is 0 Å². The summed E-state index contributed by atoms with van der Waals surface area (Å²) in [6.45, 7) is 9.19. The number of hydrogen-bond acceptors (Lipinski definition) is 2. The van der Waals surface area contributed by atoms with Crippen molar-refractivity contribution in [2.45, 2.75) is 27.7 Å². The van der Waals surface area contributed by atoms with Gasteiger partial charge >= 0.3 is 0 Å². The van der Waals surface area contributed by atoms with Gasteiger partial charge in [0, 0.05) is 34.1 Å². The minimum absolute atomic E-state index is 0.0510. The number of anilines is 6. The molecule has 0 aromatic heterocycles. The second kappa shape index (κ2) is 17.7. The minimum Gasteiger partial charge on any atom is -0.311 e. The van der Waals surface area contributed by atoms with Crippen molar-refractivity contribution in [2.75, 3.05) is 9.80 Å². The Morgan fingerprint density at radius 3 is 1.00 bits per heavy atom. The Hall–Kier alpha value is -10.2. The molecule has 14 aromatic rings. The van der Waals surface area contributed by atoms with Gasteiger partial charge in [0.2, 0.25) is 13.4 Å². The fraction of sp³-hybridized carbons (Fsp3) is 0.0500. The molecule has 390 valence electrons. The van der Waals surface area contributed by atoms with Crippen LogP contribution in [0, 0.1) is 27.7 Å². The summed E-state index contributed by atoms with van der Waals surface area (Å²) in [5.74, 6) is 0. The van der Waals surface area contributed by atoms with Crippen LogP contribution < -0.4 is 42.6 Å². The molecule has 4 heteroatoms. The molecule has 0 bridgehead atoms. The van der Waals surface area contributed by atoms with Crippen molar-refractivity contribution >= 4 is 113 Å². The second-order valence-electron chi connectivity index (χ2n) is 24.0. The van der Waals surface area contributed by atoms with E-state index in [0.717, 1.165) is 11.4 Å². The number of aryl methyl sites for hydroxylation is 4. The highest BCUT2D eigenvalue weighted by Crippen LogP contribution is 2.54. The third-order valence-corrected chi connectivity index (χ3v) is 19.5. The van der Waals surface area contributed by atoms with E-state index in [2.05, 4.69) is 292 Å². The molecular weight excluding hydrogens is 1010 g/mol. The van der Waals surface area contributed by atoms with Gasteiger partial charge in [-0.2, -0.15) is 0 Å². The highest BCUT2D eigenvalue weighted by atomic mass is 15.2. The quantitative estimate of drug-likeness (QED) is 0.121. The molecular formula is C80H54B2N2. The average Bonchev–Trinajstić information content (AvgIpc) is 1.35. The summed E-state index contributed by atoms with van der Waals surface area (Å²) in [7, 11) is 0. The van der Waals surface area contributed by atoms with Crippen LogP contribution in [0.2, 0.25) is 0 Å². The highest BCUT2D eigenvalue weighted by Gasteiger charge is 2.46. The van der Waals surface area contributed by atoms with Crippen LogP contribution in [0.4, 0.5) is 34.1 Å². The van der Waals surface area contributed by atoms with Crippen LogP contribution in [0.15, 0.2) is 255 Å². The van der Waals surface area contributed by atoms with Gasteiger partial charge in [0.1, 0.15) is 0 Å². The van der Waals surface area contributed by atoms with Gasteiger partial charge in [-0.25, -0.2) is 0 Å². The monoisotopic (exact) mass is 1060 g/mol. The van der Waals surface area contributed by atoms with Crippen molar-refractivity contribution in [2.24, 2.45) is 0 Å². The Morgan fingerprint density at radius 1 is 0.250 bits per heavy atom. The predicted octanol–water partition coefficient (Wildman–Crippen LogP) is 17.0. The zero-order valence-electron chi connectivity index (χ0n) is 47.3. The van der Waals surface area contributed by atoms with E-state index in [1.807, 2.05) is 0 Å². The van der Waals surface area contributed by atoms with Crippen LogP contribution >= 0.6 is 0 Å².